The van der Waals surface area contributed by atoms with Crippen molar-refractivity contribution in [3.8, 4) is 5.75 Å². The average Bonchev–Trinajstić information content (AvgIpc) is 3.19. The molecule has 1 aliphatic rings. The van der Waals surface area contributed by atoms with Crippen LogP contribution in [0.5, 0.6) is 5.75 Å². The molecule has 0 unspecified atom stereocenters. The fourth-order valence-electron chi connectivity index (χ4n) is 2.07. The van der Waals surface area contributed by atoms with Gasteiger partial charge < -0.3 is 10.1 Å². The Bertz CT molecular complexity index is 407. The molecule has 1 fully saturated rings. The number of rotatable bonds is 7. The van der Waals surface area contributed by atoms with E-state index in [1.54, 1.807) is 7.11 Å². The highest BCUT2D eigenvalue weighted by Gasteiger charge is 2.19. The van der Waals surface area contributed by atoms with Gasteiger partial charge in [0.1, 0.15) is 5.75 Å². The minimum atomic E-state index is 0.817. The summed E-state index contributed by atoms with van der Waals surface area (Å²) in [6, 6.07) is 9.12. The maximum Gasteiger partial charge on any atom is 0.119 e. The predicted octanol–water partition coefficient (Wildman–Crippen LogP) is 3.33. The van der Waals surface area contributed by atoms with E-state index in [1.807, 2.05) is 6.07 Å². The third-order valence-electron chi connectivity index (χ3n) is 3.26. The molecular formula is C16H23NO. The summed E-state index contributed by atoms with van der Waals surface area (Å²) in [4.78, 5) is 0. The molecule has 0 atom stereocenters. The summed E-state index contributed by atoms with van der Waals surface area (Å²) in [5, 5.41) is 3.53. The molecule has 2 nitrogen and oxygen atoms in total. The molecule has 0 radical (unpaired) electrons. The van der Waals surface area contributed by atoms with E-state index in [1.165, 1.54) is 24.0 Å². The predicted molar refractivity (Wildman–Crippen MR) is 76.1 cm³/mol. The molecular weight excluding hydrogens is 222 g/mol. The van der Waals surface area contributed by atoms with Gasteiger partial charge in [0.2, 0.25) is 0 Å². The number of hydrogen-bond acceptors (Lipinski definition) is 2. The Morgan fingerprint density at radius 3 is 3.00 bits per heavy atom. The number of ether oxygens (including phenoxy) is 1. The first-order chi connectivity index (χ1) is 8.78. The lowest BCUT2D eigenvalue weighted by Gasteiger charge is -2.05. The maximum atomic E-state index is 5.24. The van der Waals surface area contributed by atoms with Crippen molar-refractivity contribution in [1.82, 2.24) is 5.32 Å². The third kappa shape index (κ3) is 4.53. The van der Waals surface area contributed by atoms with Crippen LogP contribution in [-0.2, 0) is 6.42 Å². The number of nitrogens with one attached hydrogen (secondary N) is 1. The Morgan fingerprint density at radius 1 is 1.44 bits per heavy atom. The van der Waals surface area contributed by atoms with Crippen LogP contribution in [0.25, 0.3) is 0 Å². The van der Waals surface area contributed by atoms with Crippen LogP contribution in [0.4, 0.5) is 0 Å². The zero-order valence-corrected chi connectivity index (χ0v) is 11.4. The molecule has 1 N–H and O–H groups in total. The number of methoxy groups -OCH3 is 1. The minimum absolute atomic E-state index is 0.817. The lowest BCUT2D eigenvalue weighted by molar-refractivity contribution is 0.414. The van der Waals surface area contributed by atoms with Gasteiger partial charge in [-0.25, -0.2) is 0 Å². The summed E-state index contributed by atoms with van der Waals surface area (Å²) in [6.07, 6.45) is 7.22. The van der Waals surface area contributed by atoms with E-state index in [-0.39, 0.29) is 0 Å². The van der Waals surface area contributed by atoms with Crippen LogP contribution >= 0.6 is 0 Å². The Labute approximate surface area is 110 Å². The molecule has 0 bridgehead atoms. The standard InChI is InChI=1S/C16H23NO/c1-13(5-4-10-17-15-8-9-15)11-14-6-3-7-16(12-14)18-2/h3,5-7,12,15,17H,4,8-11H2,1-2H3. The van der Waals surface area contributed by atoms with Gasteiger partial charge >= 0.3 is 0 Å². The largest absolute Gasteiger partial charge is 0.497 e. The molecule has 1 aromatic rings. The first-order valence-corrected chi connectivity index (χ1v) is 6.80. The van der Waals surface area contributed by atoms with E-state index in [9.17, 15) is 0 Å². The lowest BCUT2D eigenvalue weighted by Crippen LogP contribution is -2.16. The SMILES string of the molecule is COc1cccc(CC(C)=CCCNC2CC2)c1. The molecule has 0 aliphatic heterocycles. The first-order valence-electron chi connectivity index (χ1n) is 6.80. The van der Waals surface area contributed by atoms with Crippen LogP contribution in [0.3, 0.4) is 0 Å². The van der Waals surface area contributed by atoms with E-state index in [0.717, 1.165) is 31.2 Å². The van der Waals surface area contributed by atoms with Crippen molar-refractivity contribution in [2.45, 2.75) is 38.6 Å². The Balaban J connectivity index is 1.77. The fraction of sp³-hybridized carbons (Fsp3) is 0.500. The maximum absolute atomic E-state index is 5.24. The minimum Gasteiger partial charge on any atom is -0.497 e. The van der Waals surface area contributed by atoms with Crippen LogP contribution in [0.15, 0.2) is 35.9 Å². The summed E-state index contributed by atoms with van der Waals surface area (Å²) in [6.45, 7) is 3.32. The highest BCUT2D eigenvalue weighted by atomic mass is 16.5. The van der Waals surface area contributed by atoms with Gasteiger partial charge in [0, 0.05) is 6.04 Å². The zero-order valence-electron chi connectivity index (χ0n) is 11.4. The zero-order chi connectivity index (χ0) is 12.8. The van der Waals surface area contributed by atoms with Gasteiger partial charge in [0.15, 0.2) is 0 Å². The molecule has 0 heterocycles. The van der Waals surface area contributed by atoms with Crippen molar-refractivity contribution < 1.29 is 4.74 Å². The smallest absolute Gasteiger partial charge is 0.119 e. The van der Waals surface area contributed by atoms with Crippen LogP contribution in [0.1, 0.15) is 31.7 Å². The van der Waals surface area contributed by atoms with Gasteiger partial charge in [-0.05, 0) is 56.8 Å². The molecule has 1 aliphatic carbocycles. The second kappa shape index (κ2) is 6.60. The average molecular weight is 245 g/mol. The van der Waals surface area contributed by atoms with Crippen LogP contribution in [0.2, 0.25) is 0 Å². The Hall–Kier alpha value is -1.28. The molecule has 0 amide bonds. The number of allylic oxidation sites excluding steroid dienone is 1. The molecule has 0 saturated heterocycles. The topological polar surface area (TPSA) is 21.3 Å². The van der Waals surface area contributed by atoms with E-state index in [2.05, 4.69) is 36.5 Å². The Morgan fingerprint density at radius 2 is 2.28 bits per heavy atom. The van der Waals surface area contributed by atoms with Crippen molar-refractivity contribution in [2.75, 3.05) is 13.7 Å². The van der Waals surface area contributed by atoms with Gasteiger partial charge in [0.05, 0.1) is 7.11 Å². The molecule has 2 heteroatoms. The summed E-state index contributed by atoms with van der Waals surface area (Å²) >= 11 is 0. The van der Waals surface area contributed by atoms with Gasteiger partial charge in [0.25, 0.3) is 0 Å². The van der Waals surface area contributed by atoms with Crippen LogP contribution < -0.4 is 10.1 Å². The van der Waals surface area contributed by atoms with Crippen molar-refractivity contribution >= 4 is 0 Å². The first kappa shape index (κ1) is 13.2. The number of benzene rings is 1. The molecule has 0 aromatic heterocycles. The Kier molecular flexibility index (Phi) is 4.82. The normalized spacial score (nSPS) is 15.8. The second-order valence-electron chi connectivity index (χ2n) is 5.10. The summed E-state index contributed by atoms with van der Waals surface area (Å²) < 4.78 is 5.24. The summed E-state index contributed by atoms with van der Waals surface area (Å²) in [5.41, 5.74) is 2.75. The van der Waals surface area contributed by atoms with Crippen molar-refractivity contribution in [3.63, 3.8) is 0 Å². The van der Waals surface area contributed by atoms with E-state index in [0.29, 0.717) is 0 Å². The van der Waals surface area contributed by atoms with Crippen LogP contribution in [-0.4, -0.2) is 19.7 Å². The van der Waals surface area contributed by atoms with Crippen molar-refractivity contribution in [3.05, 3.63) is 41.5 Å². The van der Waals surface area contributed by atoms with Gasteiger partial charge in [-0.2, -0.15) is 0 Å². The summed E-state index contributed by atoms with van der Waals surface area (Å²) in [5.74, 6) is 0.940. The van der Waals surface area contributed by atoms with Gasteiger partial charge in [-0.1, -0.05) is 23.8 Å². The lowest BCUT2D eigenvalue weighted by atomic mass is 10.1. The van der Waals surface area contributed by atoms with E-state index < -0.39 is 0 Å². The number of hydrogen-bond donors (Lipinski definition) is 1. The van der Waals surface area contributed by atoms with E-state index >= 15 is 0 Å². The second-order valence-corrected chi connectivity index (χ2v) is 5.10. The quantitative estimate of drug-likeness (QED) is 0.587. The van der Waals surface area contributed by atoms with Crippen molar-refractivity contribution in [1.29, 1.82) is 0 Å². The molecule has 1 aromatic carbocycles. The molecule has 1 saturated carbocycles. The van der Waals surface area contributed by atoms with Gasteiger partial charge in [-0.15, -0.1) is 0 Å². The molecule has 18 heavy (non-hydrogen) atoms. The van der Waals surface area contributed by atoms with Crippen molar-refractivity contribution in [2.24, 2.45) is 0 Å². The third-order valence-corrected chi connectivity index (χ3v) is 3.26. The molecule has 98 valence electrons. The van der Waals surface area contributed by atoms with Crippen LogP contribution in [0, 0.1) is 0 Å². The molecule has 0 spiro atoms. The molecule has 2 rings (SSSR count). The van der Waals surface area contributed by atoms with E-state index in [4.69, 9.17) is 4.74 Å². The highest BCUT2D eigenvalue weighted by Crippen LogP contribution is 2.18. The van der Waals surface area contributed by atoms with Gasteiger partial charge in [-0.3, -0.25) is 0 Å². The summed E-state index contributed by atoms with van der Waals surface area (Å²) in [7, 11) is 1.71. The fourth-order valence-corrected chi connectivity index (χ4v) is 2.07. The monoisotopic (exact) mass is 245 g/mol. The highest BCUT2D eigenvalue weighted by molar-refractivity contribution is 5.30.